The van der Waals surface area contributed by atoms with Gasteiger partial charge in [-0.15, -0.1) is 24.0 Å². The van der Waals surface area contributed by atoms with Crippen molar-refractivity contribution in [2.75, 3.05) is 12.4 Å². The fraction of sp³-hybridized carbons (Fsp3) is 0.556. The predicted octanol–water partition coefficient (Wildman–Crippen LogP) is 3.54. The van der Waals surface area contributed by atoms with E-state index in [1.807, 2.05) is 38.1 Å². The minimum absolute atomic E-state index is 0. The summed E-state index contributed by atoms with van der Waals surface area (Å²) in [7, 11) is 1.77. The van der Waals surface area contributed by atoms with E-state index in [9.17, 15) is 4.79 Å². The van der Waals surface area contributed by atoms with Crippen molar-refractivity contribution in [3.8, 4) is 0 Å². The molecular formula is C18H32IN5O. The highest BCUT2D eigenvalue weighted by atomic mass is 127. The van der Waals surface area contributed by atoms with Gasteiger partial charge in [0.15, 0.2) is 5.96 Å². The summed E-state index contributed by atoms with van der Waals surface area (Å²) in [6, 6.07) is 8.02. The highest BCUT2D eigenvalue weighted by Gasteiger charge is 2.09. The van der Waals surface area contributed by atoms with Crippen LogP contribution in [-0.4, -0.2) is 31.1 Å². The fourth-order valence-corrected chi connectivity index (χ4v) is 1.90. The first-order valence-electron chi connectivity index (χ1n) is 8.45. The molecule has 25 heavy (non-hydrogen) atoms. The van der Waals surface area contributed by atoms with Crippen molar-refractivity contribution in [2.24, 2.45) is 10.9 Å². The van der Waals surface area contributed by atoms with Gasteiger partial charge in [0.25, 0.3) is 0 Å². The second-order valence-corrected chi connectivity index (χ2v) is 6.55. The Balaban J connectivity index is 0.00000576. The van der Waals surface area contributed by atoms with Crippen molar-refractivity contribution in [1.29, 1.82) is 0 Å². The monoisotopic (exact) mass is 461 g/mol. The number of hydrogen-bond donors (Lipinski definition) is 4. The molecule has 1 rings (SSSR count). The number of guanidine groups is 1. The quantitative estimate of drug-likeness (QED) is 0.297. The van der Waals surface area contributed by atoms with Crippen LogP contribution in [0.5, 0.6) is 0 Å². The Labute approximate surface area is 168 Å². The summed E-state index contributed by atoms with van der Waals surface area (Å²) in [5.41, 5.74) is 1.89. The van der Waals surface area contributed by atoms with Crippen LogP contribution in [-0.2, 0) is 6.54 Å². The van der Waals surface area contributed by atoms with Crippen LogP contribution < -0.4 is 21.3 Å². The molecule has 0 radical (unpaired) electrons. The van der Waals surface area contributed by atoms with Gasteiger partial charge in [0.2, 0.25) is 0 Å². The predicted molar refractivity (Wildman–Crippen MR) is 117 cm³/mol. The van der Waals surface area contributed by atoms with Crippen LogP contribution in [0.15, 0.2) is 29.3 Å². The van der Waals surface area contributed by atoms with Crippen molar-refractivity contribution in [2.45, 2.75) is 53.2 Å². The molecular weight excluding hydrogens is 429 g/mol. The third-order valence-corrected chi connectivity index (χ3v) is 3.68. The fourth-order valence-electron chi connectivity index (χ4n) is 1.90. The van der Waals surface area contributed by atoms with Crippen LogP contribution >= 0.6 is 24.0 Å². The molecule has 0 aromatic heterocycles. The lowest BCUT2D eigenvalue weighted by atomic mass is 10.1. The van der Waals surface area contributed by atoms with Gasteiger partial charge in [-0.3, -0.25) is 4.99 Å². The molecule has 0 saturated carbocycles. The van der Waals surface area contributed by atoms with Gasteiger partial charge in [-0.2, -0.15) is 0 Å². The highest BCUT2D eigenvalue weighted by Crippen LogP contribution is 2.09. The van der Waals surface area contributed by atoms with E-state index < -0.39 is 0 Å². The van der Waals surface area contributed by atoms with Crippen molar-refractivity contribution >= 4 is 41.7 Å². The van der Waals surface area contributed by atoms with Crippen molar-refractivity contribution in [3.05, 3.63) is 29.8 Å². The molecule has 0 heterocycles. The van der Waals surface area contributed by atoms with E-state index in [-0.39, 0.29) is 36.0 Å². The molecule has 2 amide bonds. The molecule has 0 saturated heterocycles. The molecule has 1 aromatic rings. The van der Waals surface area contributed by atoms with Crippen LogP contribution in [0.2, 0.25) is 0 Å². The Morgan fingerprint density at radius 3 is 2.12 bits per heavy atom. The summed E-state index contributed by atoms with van der Waals surface area (Å²) in [5, 5.41) is 12.3. The molecule has 0 fully saturated rings. The standard InChI is InChI=1S/C18H31N5O.HI/c1-12(2)14(5)22-17(19-6)20-11-15-7-9-16(10-8-15)23-18(24)21-13(3)4;/h7-10,12-14H,11H2,1-6H3,(H2,19,20,22)(H2,21,23,24);1H. The number of hydrogen-bond acceptors (Lipinski definition) is 2. The summed E-state index contributed by atoms with van der Waals surface area (Å²) >= 11 is 0. The van der Waals surface area contributed by atoms with E-state index in [2.05, 4.69) is 47.0 Å². The second kappa shape index (κ2) is 11.9. The normalized spacial score (nSPS) is 12.4. The maximum atomic E-state index is 11.7. The van der Waals surface area contributed by atoms with Crippen molar-refractivity contribution < 1.29 is 4.79 Å². The van der Waals surface area contributed by atoms with E-state index in [0.717, 1.165) is 17.2 Å². The molecule has 7 heteroatoms. The third kappa shape index (κ3) is 9.52. The van der Waals surface area contributed by atoms with Gasteiger partial charge >= 0.3 is 6.03 Å². The number of carbonyl (C=O) groups is 1. The largest absolute Gasteiger partial charge is 0.354 e. The molecule has 1 aromatic carbocycles. The Morgan fingerprint density at radius 1 is 1.04 bits per heavy atom. The van der Waals surface area contributed by atoms with Gasteiger partial charge < -0.3 is 21.3 Å². The lowest BCUT2D eigenvalue weighted by Crippen LogP contribution is -2.43. The number of amides is 2. The van der Waals surface area contributed by atoms with E-state index in [0.29, 0.717) is 18.5 Å². The molecule has 0 aliphatic rings. The van der Waals surface area contributed by atoms with Crippen molar-refractivity contribution in [1.82, 2.24) is 16.0 Å². The topological polar surface area (TPSA) is 77.5 Å². The number of rotatable bonds is 6. The maximum Gasteiger partial charge on any atom is 0.319 e. The van der Waals surface area contributed by atoms with Crippen LogP contribution in [0.1, 0.15) is 40.2 Å². The number of anilines is 1. The number of urea groups is 1. The molecule has 0 aliphatic carbocycles. The average Bonchev–Trinajstić information content (AvgIpc) is 2.51. The summed E-state index contributed by atoms with van der Waals surface area (Å²) < 4.78 is 0. The van der Waals surface area contributed by atoms with E-state index >= 15 is 0 Å². The van der Waals surface area contributed by atoms with Crippen LogP contribution in [0, 0.1) is 5.92 Å². The summed E-state index contributed by atoms with van der Waals surface area (Å²) in [4.78, 5) is 15.9. The minimum Gasteiger partial charge on any atom is -0.354 e. The van der Waals surface area contributed by atoms with Gasteiger partial charge in [-0.05, 0) is 44.4 Å². The first-order chi connectivity index (χ1) is 11.3. The van der Waals surface area contributed by atoms with Crippen molar-refractivity contribution in [3.63, 3.8) is 0 Å². The van der Waals surface area contributed by atoms with Crippen LogP contribution in [0.4, 0.5) is 10.5 Å². The lowest BCUT2D eigenvalue weighted by molar-refractivity contribution is 0.250. The molecule has 0 aliphatic heterocycles. The Kier molecular flexibility index (Phi) is 11.2. The smallest absolute Gasteiger partial charge is 0.319 e. The van der Waals surface area contributed by atoms with E-state index in [1.54, 1.807) is 7.05 Å². The Morgan fingerprint density at radius 2 is 1.64 bits per heavy atom. The van der Waals surface area contributed by atoms with Gasteiger partial charge in [0.1, 0.15) is 0 Å². The van der Waals surface area contributed by atoms with Gasteiger partial charge in [-0.1, -0.05) is 26.0 Å². The van der Waals surface area contributed by atoms with Crippen LogP contribution in [0.3, 0.4) is 0 Å². The SMILES string of the molecule is CN=C(NCc1ccc(NC(=O)NC(C)C)cc1)NC(C)C(C)C.I. The summed E-state index contributed by atoms with van der Waals surface area (Å²) in [6.07, 6.45) is 0. The van der Waals surface area contributed by atoms with E-state index in [1.165, 1.54) is 0 Å². The zero-order chi connectivity index (χ0) is 18.1. The van der Waals surface area contributed by atoms with E-state index in [4.69, 9.17) is 0 Å². The van der Waals surface area contributed by atoms with Crippen LogP contribution in [0.25, 0.3) is 0 Å². The number of nitrogens with one attached hydrogen (secondary N) is 4. The molecule has 142 valence electrons. The first kappa shape index (κ1) is 23.5. The molecule has 4 N–H and O–H groups in total. The minimum atomic E-state index is -0.192. The second-order valence-electron chi connectivity index (χ2n) is 6.55. The highest BCUT2D eigenvalue weighted by molar-refractivity contribution is 14.0. The molecule has 1 atom stereocenters. The zero-order valence-corrected chi connectivity index (χ0v) is 18.3. The summed E-state index contributed by atoms with van der Waals surface area (Å²) in [5.74, 6) is 1.32. The zero-order valence-electron chi connectivity index (χ0n) is 16.0. The third-order valence-electron chi connectivity index (χ3n) is 3.68. The number of benzene rings is 1. The first-order valence-corrected chi connectivity index (χ1v) is 8.45. The van der Waals surface area contributed by atoms with Gasteiger partial charge in [0.05, 0.1) is 0 Å². The molecule has 0 spiro atoms. The molecule has 0 bridgehead atoms. The summed E-state index contributed by atoms with van der Waals surface area (Å²) in [6.45, 7) is 11.0. The number of carbonyl (C=O) groups excluding carboxylic acids is 1. The average molecular weight is 461 g/mol. The number of nitrogens with zero attached hydrogens (tertiary/aromatic N) is 1. The van der Waals surface area contributed by atoms with Gasteiger partial charge in [0, 0.05) is 31.4 Å². The lowest BCUT2D eigenvalue weighted by Gasteiger charge is -2.20. The number of halogens is 1. The Hall–Kier alpha value is -1.51. The Bertz CT molecular complexity index is 543. The molecule has 6 nitrogen and oxygen atoms in total. The maximum absolute atomic E-state index is 11.7. The van der Waals surface area contributed by atoms with Gasteiger partial charge in [-0.25, -0.2) is 4.79 Å². The molecule has 1 unspecified atom stereocenters. The number of aliphatic imine (C=N–C) groups is 1.